The third-order valence-corrected chi connectivity index (χ3v) is 4.80. The van der Waals surface area contributed by atoms with Crippen molar-refractivity contribution in [1.82, 2.24) is 0 Å². The van der Waals surface area contributed by atoms with Crippen molar-refractivity contribution in [1.29, 1.82) is 0 Å². The summed E-state index contributed by atoms with van der Waals surface area (Å²) in [5, 5.41) is 13.0. The van der Waals surface area contributed by atoms with Gasteiger partial charge in [-0.25, -0.2) is 4.39 Å². The van der Waals surface area contributed by atoms with Gasteiger partial charge in [0.25, 0.3) is 0 Å². The van der Waals surface area contributed by atoms with Crippen LogP contribution in [-0.2, 0) is 11.2 Å². The number of aliphatic hydroxyl groups is 1. The van der Waals surface area contributed by atoms with Gasteiger partial charge in [0.1, 0.15) is 5.82 Å². The number of anilines is 1. The lowest BCUT2D eigenvalue weighted by Gasteiger charge is -2.21. The van der Waals surface area contributed by atoms with E-state index in [9.17, 15) is 14.3 Å². The van der Waals surface area contributed by atoms with E-state index in [4.69, 9.17) is 0 Å². The highest BCUT2D eigenvalue weighted by Crippen LogP contribution is 2.34. The van der Waals surface area contributed by atoms with Gasteiger partial charge in [0.2, 0.25) is 5.91 Å². The summed E-state index contributed by atoms with van der Waals surface area (Å²) in [5.74, 6) is 0.200. The van der Waals surface area contributed by atoms with Crippen molar-refractivity contribution in [3.63, 3.8) is 0 Å². The number of aryl methyl sites for hydroxylation is 1. The fraction of sp³-hybridized carbons (Fsp3) is 0.588. The van der Waals surface area contributed by atoms with Crippen LogP contribution in [-0.4, -0.2) is 11.0 Å². The van der Waals surface area contributed by atoms with Gasteiger partial charge in [-0.15, -0.1) is 0 Å². The molecule has 1 aliphatic heterocycles. The van der Waals surface area contributed by atoms with Gasteiger partial charge in [0, 0.05) is 17.7 Å². The van der Waals surface area contributed by atoms with Crippen LogP contribution in [0.2, 0.25) is 0 Å². The molecule has 1 aromatic carbocycles. The molecule has 1 heterocycles. The monoisotopic (exact) mass is 291 g/mol. The Morgan fingerprint density at radius 1 is 1.29 bits per heavy atom. The average molecular weight is 291 g/mol. The molecule has 1 aliphatic carbocycles. The van der Waals surface area contributed by atoms with Crippen LogP contribution >= 0.6 is 0 Å². The van der Waals surface area contributed by atoms with E-state index >= 15 is 0 Å². The molecule has 3 rings (SSSR count). The maximum Gasteiger partial charge on any atom is 0.224 e. The van der Waals surface area contributed by atoms with Crippen molar-refractivity contribution in [3.05, 3.63) is 29.1 Å². The molecule has 0 aromatic heterocycles. The number of benzene rings is 1. The maximum absolute atomic E-state index is 14.1. The van der Waals surface area contributed by atoms with Crippen LogP contribution in [0.25, 0.3) is 0 Å². The number of hydrogen-bond donors (Lipinski definition) is 2. The second-order valence-electron chi connectivity index (χ2n) is 6.32. The summed E-state index contributed by atoms with van der Waals surface area (Å²) in [6, 6.07) is 3.07. The average Bonchev–Trinajstić information content (AvgIpc) is 2.97. The SMILES string of the molecule is O=C1CCc2cc(C(O)CCC3CCCC3)c(F)cc2N1. The highest BCUT2D eigenvalue weighted by Gasteiger charge is 2.22. The number of nitrogens with one attached hydrogen (secondary N) is 1. The first-order chi connectivity index (χ1) is 10.1. The van der Waals surface area contributed by atoms with Gasteiger partial charge < -0.3 is 10.4 Å². The van der Waals surface area contributed by atoms with Gasteiger partial charge in [-0.05, 0) is 42.9 Å². The molecule has 1 fully saturated rings. The molecule has 114 valence electrons. The minimum Gasteiger partial charge on any atom is -0.388 e. The molecular weight excluding hydrogens is 269 g/mol. The molecule has 0 spiro atoms. The summed E-state index contributed by atoms with van der Waals surface area (Å²) in [7, 11) is 0. The van der Waals surface area contributed by atoms with E-state index in [1.165, 1.54) is 31.7 Å². The van der Waals surface area contributed by atoms with Crippen molar-refractivity contribution < 1.29 is 14.3 Å². The zero-order chi connectivity index (χ0) is 14.8. The van der Waals surface area contributed by atoms with E-state index in [1.807, 2.05) is 0 Å². The van der Waals surface area contributed by atoms with Crippen molar-refractivity contribution in [2.24, 2.45) is 5.92 Å². The van der Waals surface area contributed by atoms with Crippen LogP contribution in [0.4, 0.5) is 10.1 Å². The minimum atomic E-state index is -0.742. The van der Waals surface area contributed by atoms with Crippen LogP contribution in [0.5, 0.6) is 0 Å². The van der Waals surface area contributed by atoms with Gasteiger partial charge in [-0.3, -0.25) is 4.79 Å². The highest BCUT2D eigenvalue weighted by atomic mass is 19.1. The van der Waals surface area contributed by atoms with Crippen LogP contribution in [0.3, 0.4) is 0 Å². The number of halogens is 1. The van der Waals surface area contributed by atoms with Gasteiger partial charge in [-0.2, -0.15) is 0 Å². The van der Waals surface area contributed by atoms with Crippen LogP contribution in [0.1, 0.15) is 62.2 Å². The summed E-state index contributed by atoms with van der Waals surface area (Å²) in [4.78, 5) is 11.3. The predicted molar refractivity (Wildman–Crippen MR) is 79.5 cm³/mol. The zero-order valence-corrected chi connectivity index (χ0v) is 12.2. The van der Waals surface area contributed by atoms with Gasteiger partial charge in [0.05, 0.1) is 6.10 Å². The Labute approximate surface area is 124 Å². The Morgan fingerprint density at radius 3 is 2.81 bits per heavy atom. The number of carbonyl (C=O) groups excluding carboxylic acids is 1. The van der Waals surface area contributed by atoms with Gasteiger partial charge in [0.15, 0.2) is 0 Å². The third kappa shape index (κ3) is 3.26. The fourth-order valence-corrected chi connectivity index (χ4v) is 3.52. The molecule has 1 saturated carbocycles. The lowest BCUT2D eigenvalue weighted by molar-refractivity contribution is -0.116. The van der Waals surface area contributed by atoms with Gasteiger partial charge >= 0.3 is 0 Å². The highest BCUT2D eigenvalue weighted by molar-refractivity contribution is 5.93. The van der Waals surface area contributed by atoms with E-state index in [0.717, 1.165) is 12.0 Å². The molecule has 1 unspecified atom stereocenters. The largest absolute Gasteiger partial charge is 0.388 e. The number of rotatable bonds is 4. The van der Waals surface area contributed by atoms with Crippen LogP contribution in [0.15, 0.2) is 12.1 Å². The molecule has 2 N–H and O–H groups in total. The predicted octanol–water partition coefficient (Wildman–Crippen LogP) is 3.71. The number of carbonyl (C=O) groups is 1. The summed E-state index contributed by atoms with van der Waals surface area (Å²) in [6.07, 6.45) is 6.94. The molecule has 1 atom stereocenters. The summed E-state index contributed by atoms with van der Waals surface area (Å²) >= 11 is 0. The topological polar surface area (TPSA) is 49.3 Å². The molecule has 2 aliphatic rings. The lowest BCUT2D eigenvalue weighted by atomic mass is 9.93. The van der Waals surface area contributed by atoms with Crippen molar-refractivity contribution >= 4 is 11.6 Å². The lowest BCUT2D eigenvalue weighted by Crippen LogP contribution is -2.20. The molecule has 0 bridgehead atoms. The third-order valence-electron chi connectivity index (χ3n) is 4.80. The van der Waals surface area contributed by atoms with Crippen molar-refractivity contribution in [2.75, 3.05) is 5.32 Å². The summed E-state index contributed by atoms with van der Waals surface area (Å²) < 4.78 is 14.1. The number of hydrogen-bond acceptors (Lipinski definition) is 2. The fourth-order valence-electron chi connectivity index (χ4n) is 3.52. The molecule has 21 heavy (non-hydrogen) atoms. The van der Waals surface area contributed by atoms with Crippen LogP contribution in [0, 0.1) is 11.7 Å². The molecule has 1 amide bonds. The zero-order valence-electron chi connectivity index (χ0n) is 12.2. The second kappa shape index (κ2) is 6.14. The Kier molecular flexibility index (Phi) is 4.24. The van der Waals surface area contributed by atoms with Crippen molar-refractivity contribution in [3.8, 4) is 0 Å². The quantitative estimate of drug-likeness (QED) is 0.888. The van der Waals surface area contributed by atoms with E-state index in [2.05, 4.69) is 5.32 Å². The first-order valence-electron chi connectivity index (χ1n) is 7.93. The first kappa shape index (κ1) is 14.5. The second-order valence-corrected chi connectivity index (χ2v) is 6.32. The Bertz CT molecular complexity index is 538. The van der Waals surface area contributed by atoms with E-state index in [1.54, 1.807) is 6.07 Å². The normalized spacial score (nSPS) is 20.2. The Balaban J connectivity index is 1.70. The number of fused-ring (bicyclic) bond motifs is 1. The molecule has 0 saturated heterocycles. The standard InChI is InChI=1S/C17H22FNO2/c18-14-10-15-12(6-8-17(21)19-15)9-13(14)16(20)7-5-11-3-1-2-4-11/h9-11,16,20H,1-8H2,(H,19,21). The van der Waals surface area contributed by atoms with Crippen LogP contribution < -0.4 is 5.32 Å². The molecule has 1 aromatic rings. The minimum absolute atomic E-state index is 0.0727. The van der Waals surface area contributed by atoms with Gasteiger partial charge in [-0.1, -0.05) is 25.7 Å². The Hall–Kier alpha value is -1.42. The number of amides is 1. The van der Waals surface area contributed by atoms with E-state index in [-0.39, 0.29) is 5.91 Å². The molecule has 4 heteroatoms. The molecule has 3 nitrogen and oxygen atoms in total. The maximum atomic E-state index is 14.1. The van der Waals surface area contributed by atoms with E-state index in [0.29, 0.717) is 36.4 Å². The molecule has 0 radical (unpaired) electrons. The smallest absolute Gasteiger partial charge is 0.224 e. The van der Waals surface area contributed by atoms with Crippen molar-refractivity contribution in [2.45, 2.75) is 57.5 Å². The Morgan fingerprint density at radius 2 is 2.05 bits per heavy atom. The summed E-state index contributed by atoms with van der Waals surface area (Å²) in [6.45, 7) is 0. The van der Waals surface area contributed by atoms with E-state index < -0.39 is 11.9 Å². The molecular formula is C17H22FNO2. The first-order valence-corrected chi connectivity index (χ1v) is 7.93. The number of aliphatic hydroxyl groups excluding tert-OH is 1. The summed E-state index contributed by atoms with van der Waals surface area (Å²) in [5.41, 5.74) is 1.85.